The summed E-state index contributed by atoms with van der Waals surface area (Å²) in [5.41, 5.74) is 2.42. The molecule has 1 amide bonds. The highest BCUT2D eigenvalue weighted by Crippen LogP contribution is 2.43. The molecule has 0 aliphatic carbocycles. The fraction of sp³-hybridized carbons (Fsp3) is 0.130. The van der Waals surface area contributed by atoms with E-state index in [0.717, 1.165) is 16.9 Å². The molecule has 1 unspecified atom stereocenters. The van der Waals surface area contributed by atoms with Gasteiger partial charge in [-0.1, -0.05) is 55.5 Å². The number of aryl methyl sites for hydroxylation is 1. The number of ketones is 1. The summed E-state index contributed by atoms with van der Waals surface area (Å²) in [7, 11) is 0. The number of hydrogen-bond acceptors (Lipinski definition) is 4. The van der Waals surface area contributed by atoms with E-state index in [4.69, 9.17) is 0 Å². The van der Waals surface area contributed by atoms with Crippen molar-refractivity contribution in [3.05, 3.63) is 93.7 Å². The molecule has 5 heteroatoms. The van der Waals surface area contributed by atoms with E-state index in [9.17, 15) is 14.7 Å². The number of carbonyl (C=O) groups is 2. The van der Waals surface area contributed by atoms with E-state index in [1.807, 2.05) is 47.8 Å². The highest BCUT2D eigenvalue weighted by atomic mass is 32.1. The van der Waals surface area contributed by atoms with Gasteiger partial charge in [-0.05, 0) is 35.6 Å². The fourth-order valence-electron chi connectivity index (χ4n) is 3.46. The first-order chi connectivity index (χ1) is 13.6. The van der Waals surface area contributed by atoms with Crippen LogP contribution in [0.2, 0.25) is 0 Å². The molecule has 1 fully saturated rings. The Bertz CT molecular complexity index is 1040. The summed E-state index contributed by atoms with van der Waals surface area (Å²) in [6.07, 6.45) is 0.884. The molecule has 1 aliphatic heterocycles. The Morgan fingerprint density at radius 3 is 2.32 bits per heavy atom. The molecule has 0 saturated carbocycles. The van der Waals surface area contributed by atoms with Crippen LogP contribution in [0.25, 0.3) is 5.76 Å². The third-order valence-corrected chi connectivity index (χ3v) is 5.85. The SMILES string of the molecule is CCc1ccc(/C(O)=C2/C(=O)C(=O)N(c3ccccc3)C2c2cccs2)cc1. The molecule has 1 N–H and O–H groups in total. The highest BCUT2D eigenvalue weighted by Gasteiger charge is 2.47. The van der Waals surface area contributed by atoms with Crippen molar-refractivity contribution in [2.45, 2.75) is 19.4 Å². The van der Waals surface area contributed by atoms with Crippen LogP contribution in [0.3, 0.4) is 0 Å². The first-order valence-corrected chi connectivity index (χ1v) is 9.98. The largest absolute Gasteiger partial charge is 0.507 e. The van der Waals surface area contributed by atoms with Gasteiger partial charge in [-0.2, -0.15) is 0 Å². The van der Waals surface area contributed by atoms with Crippen LogP contribution in [0.4, 0.5) is 5.69 Å². The molecule has 2 aromatic carbocycles. The second kappa shape index (κ2) is 7.44. The molecule has 0 spiro atoms. The number of benzene rings is 2. The quantitative estimate of drug-likeness (QED) is 0.391. The number of rotatable bonds is 4. The molecule has 1 aliphatic rings. The lowest BCUT2D eigenvalue weighted by atomic mass is 9.99. The van der Waals surface area contributed by atoms with Crippen molar-refractivity contribution in [1.82, 2.24) is 0 Å². The van der Waals surface area contributed by atoms with Crippen molar-refractivity contribution < 1.29 is 14.7 Å². The number of carbonyl (C=O) groups excluding carboxylic acids is 2. The average molecular weight is 389 g/mol. The van der Waals surface area contributed by atoms with Crippen molar-refractivity contribution in [2.75, 3.05) is 4.90 Å². The molecule has 1 saturated heterocycles. The van der Waals surface area contributed by atoms with E-state index in [2.05, 4.69) is 6.92 Å². The number of aliphatic hydroxyl groups excluding tert-OH is 1. The Morgan fingerprint density at radius 2 is 1.71 bits per heavy atom. The molecule has 4 rings (SSSR count). The first kappa shape index (κ1) is 18.2. The van der Waals surface area contributed by atoms with Crippen LogP contribution in [0.5, 0.6) is 0 Å². The zero-order valence-electron chi connectivity index (χ0n) is 15.3. The summed E-state index contributed by atoms with van der Waals surface area (Å²) < 4.78 is 0. The van der Waals surface area contributed by atoms with Gasteiger partial charge in [0.2, 0.25) is 0 Å². The summed E-state index contributed by atoms with van der Waals surface area (Å²) in [6.45, 7) is 2.05. The second-order valence-electron chi connectivity index (χ2n) is 6.57. The van der Waals surface area contributed by atoms with Gasteiger partial charge >= 0.3 is 0 Å². The number of aliphatic hydroxyl groups is 1. The van der Waals surface area contributed by atoms with Crippen LogP contribution >= 0.6 is 11.3 Å². The van der Waals surface area contributed by atoms with Gasteiger partial charge in [0.1, 0.15) is 11.8 Å². The fourth-order valence-corrected chi connectivity index (χ4v) is 4.28. The first-order valence-electron chi connectivity index (χ1n) is 9.10. The number of para-hydroxylation sites is 1. The van der Waals surface area contributed by atoms with Gasteiger partial charge in [-0.25, -0.2) is 0 Å². The Hall–Kier alpha value is -3.18. The number of amides is 1. The highest BCUT2D eigenvalue weighted by molar-refractivity contribution is 7.10. The average Bonchev–Trinajstić information content (AvgIpc) is 3.35. The van der Waals surface area contributed by atoms with Crippen LogP contribution in [0.15, 0.2) is 77.7 Å². The molecule has 1 atom stereocenters. The van der Waals surface area contributed by atoms with Gasteiger partial charge in [-0.3, -0.25) is 14.5 Å². The number of Topliss-reactive ketones (excluding diaryl/α,β-unsaturated/α-hetero) is 1. The van der Waals surface area contributed by atoms with E-state index < -0.39 is 17.7 Å². The van der Waals surface area contributed by atoms with E-state index in [1.54, 1.807) is 24.3 Å². The predicted molar refractivity (Wildman–Crippen MR) is 111 cm³/mol. The molecular formula is C23H19NO3S. The normalized spacial score (nSPS) is 18.6. The van der Waals surface area contributed by atoms with Crippen LogP contribution in [-0.2, 0) is 16.0 Å². The van der Waals surface area contributed by atoms with Crippen molar-refractivity contribution in [3.63, 3.8) is 0 Å². The maximum Gasteiger partial charge on any atom is 0.300 e. The van der Waals surface area contributed by atoms with Crippen LogP contribution in [0.1, 0.15) is 29.0 Å². The Labute approximate surface area is 167 Å². The smallest absolute Gasteiger partial charge is 0.300 e. The minimum atomic E-state index is -0.667. The molecular weight excluding hydrogens is 370 g/mol. The summed E-state index contributed by atoms with van der Waals surface area (Å²) >= 11 is 1.45. The van der Waals surface area contributed by atoms with E-state index in [-0.39, 0.29) is 11.3 Å². The van der Waals surface area contributed by atoms with E-state index >= 15 is 0 Å². The van der Waals surface area contributed by atoms with Gasteiger partial charge in [0.25, 0.3) is 11.7 Å². The summed E-state index contributed by atoms with van der Waals surface area (Å²) in [5, 5.41) is 12.9. The Morgan fingerprint density at radius 1 is 1.00 bits per heavy atom. The number of hydrogen-bond donors (Lipinski definition) is 1. The van der Waals surface area contributed by atoms with Gasteiger partial charge in [0.05, 0.1) is 5.57 Å². The maximum atomic E-state index is 12.9. The van der Waals surface area contributed by atoms with E-state index in [1.165, 1.54) is 16.2 Å². The molecule has 3 aromatic rings. The number of anilines is 1. The molecule has 28 heavy (non-hydrogen) atoms. The standard InChI is InChI=1S/C23H19NO3S/c1-2-15-10-12-16(13-11-15)21(25)19-20(18-9-6-14-28-18)24(23(27)22(19)26)17-7-4-3-5-8-17/h3-14,20,25H,2H2,1H3/b21-19-. The van der Waals surface area contributed by atoms with Crippen LogP contribution in [0, 0.1) is 0 Å². The van der Waals surface area contributed by atoms with Gasteiger partial charge < -0.3 is 5.11 Å². The van der Waals surface area contributed by atoms with Crippen molar-refractivity contribution in [2.24, 2.45) is 0 Å². The molecule has 1 aromatic heterocycles. The predicted octanol–water partition coefficient (Wildman–Crippen LogP) is 4.94. The monoisotopic (exact) mass is 389 g/mol. The van der Waals surface area contributed by atoms with Gasteiger partial charge in [0.15, 0.2) is 0 Å². The number of thiophene rings is 1. The summed E-state index contributed by atoms with van der Waals surface area (Å²) in [5.74, 6) is -1.44. The van der Waals surface area contributed by atoms with Gasteiger partial charge in [-0.15, -0.1) is 11.3 Å². The Balaban J connectivity index is 1.89. The van der Waals surface area contributed by atoms with Crippen molar-refractivity contribution in [3.8, 4) is 0 Å². The lowest BCUT2D eigenvalue weighted by Gasteiger charge is -2.24. The third kappa shape index (κ3) is 3.04. The zero-order valence-corrected chi connectivity index (χ0v) is 16.1. The zero-order chi connectivity index (χ0) is 19.7. The molecule has 4 nitrogen and oxygen atoms in total. The number of nitrogens with zero attached hydrogens (tertiary/aromatic N) is 1. The molecule has 0 bridgehead atoms. The molecule has 2 heterocycles. The maximum absolute atomic E-state index is 12.9. The van der Waals surface area contributed by atoms with Crippen molar-refractivity contribution >= 4 is 34.5 Å². The second-order valence-corrected chi connectivity index (χ2v) is 7.55. The summed E-state index contributed by atoms with van der Waals surface area (Å²) in [4.78, 5) is 28.1. The molecule has 140 valence electrons. The topological polar surface area (TPSA) is 57.6 Å². The lowest BCUT2D eigenvalue weighted by Crippen LogP contribution is -2.29. The minimum absolute atomic E-state index is 0.126. The van der Waals surface area contributed by atoms with Crippen LogP contribution in [-0.4, -0.2) is 16.8 Å². The Kier molecular flexibility index (Phi) is 4.84. The van der Waals surface area contributed by atoms with Gasteiger partial charge in [0, 0.05) is 16.1 Å². The van der Waals surface area contributed by atoms with Crippen molar-refractivity contribution in [1.29, 1.82) is 0 Å². The lowest BCUT2D eigenvalue weighted by molar-refractivity contribution is -0.132. The van der Waals surface area contributed by atoms with E-state index in [0.29, 0.717) is 11.3 Å². The minimum Gasteiger partial charge on any atom is -0.507 e. The molecule has 0 radical (unpaired) electrons. The third-order valence-electron chi connectivity index (χ3n) is 4.93. The van der Waals surface area contributed by atoms with Crippen LogP contribution < -0.4 is 4.90 Å². The summed E-state index contributed by atoms with van der Waals surface area (Å²) in [6, 6.07) is 19.6.